The number of amides is 1. The van der Waals surface area contributed by atoms with Crippen LogP contribution >= 0.6 is 0 Å². The van der Waals surface area contributed by atoms with Gasteiger partial charge < -0.3 is 15.8 Å². The predicted octanol–water partition coefficient (Wildman–Crippen LogP) is -0.835. The molecule has 0 bridgehead atoms. The molecule has 0 rings (SSSR count). The molecule has 0 heterocycles. The van der Waals surface area contributed by atoms with Crippen LogP contribution in [0.15, 0.2) is 0 Å². The van der Waals surface area contributed by atoms with Gasteiger partial charge in [0.15, 0.2) is 6.10 Å². The molecule has 0 saturated carbocycles. The van der Waals surface area contributed by atoms with E-state index in [0.29, 0.717) is 0 Å². The fourth-order valence-corrected chi connectivity index (χ4v) is 0.566. The van der Waals surface area contributed by atoms with Crippen molar-refractivity contribution in [3.05, 3.63) is 0 Å². The molecule has 1 amide bonds. The minimum Gasteiger partial charge on any atom is -0.444 e. The summed E-state index contributed by atoms with van der Waals surface area (Å²) in [6.07, 6.45) is -6.74. The molecule has 0 aliphatic heterocycles. The Bertz CT molecular complexity index is 229. The first-order valence-electron chi connectivity index (χ1n) is 3.52. The van der Waals surface area contributed by atoms with Gasteiger partial charge in [-0.1, -0.05) is 0 Å². The highest BCUT2D eigenvalue weighted by molar-refractivity contribution is 5.85. The number of esters is 1. The number of nitrogens with one attached hydrogen (secondary N) is 1. The van der Waals surface area contributed by atoms with Gasteiger partial charge in [0.25, 0.3) is 5.91 Å². The van der Waals surface area contributed by atoms with E-state index < -0.39 is 30.7 Å². The smallest absolute Gasteiger partial charge is 0.444 e. The van der Waals surface area contributed by atoms with Crippen molar-refractivity contribution in [2.45, 2.75) is 12.3 Å². The third kappa shape index (κ3) is 3.60. The van der Waals surface area contributed by atoms with E-state index >= 15 is 0 Å². The van der Waals surface area contributed by atoms with Gasteiger partial charge in [-0.3, -0.25) is 4.79 Å². The Morgan fingerprint density at radius 3 is 2.29 bits per heavy atom. The first-order chi connectivity index (χ1) is 6.32. The fourth-order valence-electron chi connectivity index (χ4n) is 0.566. The molecule has 3 N–H and O–H groups in total. The van der Waals surface area contributed by atoms with E-state index in [-0.39, 0.29) is 0 Å². The maximum absolute atomic E-state index is 11.7. The van der Waals surface area contributed by atoms with E-state index in [0.717, 1.165) is 0 Å². The van der Waals surface area contributed by atoms with Crippen LogP contribution in [0.3, 0.4) is 0 Å². The largest absolute Gasteiger partial charge is 0.490 e. The lowest BCUT2D eigenvalue weighted by molar-refractivity contribution is -0.204. The quantitative estimate of drug-likeness (QED) is 0.600. The molecule has 1 atom stereocenters. The predicted molar refractivity (Wildman–Crippen MR) is 39.1 cm³/mol. The average Bonchev–Trinajstić information content (AvgIpc) is 2.10. The van der Waals surface area contributed by atoms with E-state index in [1.807, 2.05) is 5.32 Å². The zero-order valence-electron chi connectivity index (χ0n) is 7.22. The standard InChI is InChI=1S/C6H9F3N2O3/c1-11-4(12)3(2-10)14-5(13)6(7,8)9/h3H,2,10H2,1H3,(H,11,12). The van der Waals surface area contributed by atoms with Crippen LogP contribution in [0.4, 0.5) is 13.2 Å². The maximum Gasteiger partial charge on any atom is 0.490 e. The van der Waals surface area contributed by atoms with Gasteiger partial charge in [-0.15, -0.1) is 0 Å². The lowest BCUT2D eigenvalue weighted by Gasteiger charge is -2.15. The van der Waals surface area contributed by atoms with Gasteiger partial charge in [-0.05, 0) is 0 Å². The van der Waals surface area contributed by atoms with Gasteiger partial charge in [-0.2, -0.15) is 13.2 Å². The van der Waals surface area contributed by atoms with Crippen LogP contribution in [0, 0.1) is 0 Å². The van der Waals surface area contributed by atoms with Gasteiger partial charge in [-0.25, -0.2) is 4.79 Å². The Balaban J connectivity index is 4.34. The van der Waals surface area contributed by atoms with Crippen LogP contribution in [0.1, 0.15) is 0 Å². The number of halogens is 3. The zero-order chi connectivity index (χ0) is 11.4. The Labute approximate surface area is 77.4 Å². The minimum atomic E-state index is -5.12. The Kier molecular flexibility index (Phi) is 4.35. The van der Waals surface area contributed by atoms with Crippen molar-refractivity contribution in [3.8, 4) is 0 Å². The number of carbonyl (C=O) groups is 2. The van der Waals surface area contributed by atoms with Gasteiger partial charge in [0.2, 0.25) is 0 Å². The summed E-state index contributed by atoms with van der Waals surface area (Å²) < 4.78 is 38.8. The molecule has 0 aliphatic carbocycles. The molecule has 0 aromatic heterocycles. The lowest BCUT2D eigenvalue weighted by atomic mass is 10.3. The number of hydrogen-bond acceptors (Lipinski definition) is 4. The van der Waals surface area contributed by atoms with Crippen molar-refractivity contribution in [2.24, 2.45) is 5.73 Å². The van der Waals surface area contributed by atoms with Gasteiger partial charge in [0, 0.05) is 13.6 Å². The molecule has 1 unspecified atom stereocenters. The Morgan fingerprint density at radius 2 is 2.00 bits per heavy atom. The molecule has 5 nitrogen and oxygen atoms in total. The average molecular weight is 214 g/mol. The highest BCUT2D eigenvalue weighted by Crippen LogP contribution is 2.17. The highest BCUT2D eigenvalue weighted by Gasteiger charge is 2.43. The second-order valence-corrected chi connectivity index (χ2v) is 2.24. The number of rotatable bonds is 3. The summed E-state index contributed by atoms with van der Waals surface area (Å²) in [5.74, 6) is -3.32. The SMILES string of the molecule is CNC(=O)C(CN)OC(=O)C(F)(F)F. The molecule has 0 saturated heterocycles. The first-order valence-corrected chi connectivity index (χ1v) is 3.52. The molecule has 82 valence electrons. The number of alkyl halides is 3. The summed E-state index contributed by atoms with van der Waals surface area (Å²) in [5.41, 5.74) is 4.94. The van der Waals surface area contributed by atoms with E-state index in [4.69, 9.17) is 5.73 Å². The second kappa shape index (κ2) is 4.80. The van der Waals surface area contributed by atoms with Crippen LogP contribution in [0.25, 0.3) is 0 Å². The molecule has 8 heteroatoms. The normalized spacial score (nSPS) is 13.2. The van der Waals surface area contributed by atoms with Crippen LogP contribution in [0.2, 0.25) is 0 Å². The summed E-state index contributed by atoms with van der Waals surface area (Å²) in [5, 5.41) is 2.01. The molecule has 0 aromatic carbocycles. The van der Waals surface area contributed by atoms with Crippen molar-refractivity contribution in [3.63, 3.8) is 0 Å². The third-order valence-electron chi connectivity index (χ3n) is 1.23. The molecule has 0 aliphatic rings. The van der Waals surface area contributed by atoms with Crippen LogP contribution in [-0.2, 0) is 14.3 Å². The summed E-state index contributed by atoms with van der Waals surface area (Å²) in [6, 6.07) is 0. The molecule has 0 aromatic rings. The van der Waals surface area contributed by atoms with E-state index in [1.165, 1.54) is 7.05 Å². The number of hydrogen-bond donors (Lipinski definition) is 2. The van der Waals surface area contributed by atoms with E-state index in [2.05, 4.69) is 4.74 Å². The van der Waals surface area contributed by atoms with Gasteiger partial charge in [0.1, 0.15) is 0 Å². The number of likely N-dealkylation sites (N-methyl/N-ethyl adjacent to an activating group) is 1. The van der Waals surface area contributed by atoms with E-state index in [9.17, 15) is 22.8 Å². The van der Waals surface area contributed by atoms with Crippen molar-refractivity contribution < 1.29 is 27.5 Å². The lowest BCUT2D eigenvalue weighted by Crippen LogP contribution is -2.43. The fraction of sp³-hybridized carbons (Fsp3) is 0.667. The molecule has 0 spiro atoms. The monoisotopic (exact) mass is 214 g/mol. The summed E-state index contributed by atoms with van der Waals surface area (Å²) in [6.45, 7) is -0.512. The van der Waals surface area contributed by atoms with Crippen molar-refractivity contribution in [1.29, 1.82) is 0 Å². The van der Waals surface area contributed by atoms with Crippen molar-refractivity contribution >= 4 is 11.9 Å². The molecular formula is C6H9F3N2O3. The topological polar surface area (TPSA) is 81.4 Å². The summed E-state index contributed by atoms with van der Waals surface area (Å²) in [4.78, 5) is 21.0. The minimum absolute atomic E-state index is 0.512. The third-order valence-corrected chi connectivity index (χ3v) is 1.23. The van der Waals surface area contributed by atoms with Gasteiger partial charge in [0.05, 0.1) is 0 Å². The van der Waals surface area contributed by atoms with E-state index in [1.54, 1.807) is 0 Å². The summed E-state index contributed by atoms with van der Waals surface area (Å²) >= 11 is 0. The molecule has 0 fully saturated rings. The molecular weight excluding hydrogens is 205 g/mol. The second-order valence-electron chi connectivity index (χ2n) is 2.24. The number of nitrogens with two attached hydrogens (primary N) is 1. The van der Waals surface area contributed by atoms with Crippen molar-refractivity contribution in [2.75, 3.05) is 13.6 Å². The number of ether oxygens (including phenoxy) is 1. The molecule has 14 heavy (non-hydrogen) atoms. The first kappa shape index (κ1) is 12.7. The van der Waals surface area contributed by atoms with Gasteiger partial charge >= 0.3 is 12.1 Å². The maximum atomic E-state index is 11.7. The van der Waals surface area contributed by atoms with Crippen molar-refractivity contribution in [1.82, 2.24) is 5.32 Å². The molecule has 0 radical (unpaired) electrons. The van der Waals surface area contributed by atoms with Crippen LogP contribution < -0.4 is 11.1 Å². The number of carbonyl (C=O) groups excluding carboxylic acids is 2. The Hall–Kier alpha value is -1.31. The van der Waals surface area contributed by atoms with Crippen LogP contribution in [0.5, 0.6) is 0 Å². The van der Waals surface area contributed by atoms with Crippen LogP contribution in [-0.4, -0.2) is 37.7 Å². The Morgan fingerprint density at radius 1 is 1.50 bits per heavy atom. The summed E-state index contributed by atoms with van der Waals surface area (Å²) in [7, 11) is 1.19. The zero-order valence-corrected chi connectivity index (χ0v) is 7.22. The highest BCUT2D eigenvalue weighted by atomic mass is 19.4.